The van der Waals surface area contributed by atoms with Crippen molar-refractivity contribution in [2.24, 2.45) is 0 Å². The maximum atomic E-state index is 9.77. The van der Waals surface area contributed by atoms with Crippen LogP contribution in [0, 0.1) is 10.9 Å². The first-order chi connectivity index (χ1) is 10.6. The molecule has 1 unspecified atom stereocenters. The van der Waals surface area contributed by atoms with Crippen molar-refractivity contribution >= 4 is 34.4 Å². The van der Waals surface area contributed by atoms with E-state index in [1.165, 1.54) is 21.8 Å². The molecule has 0 bridgehead atoms. The molecule has 118 valence electrons. The molecule has 1 aromatic heterocycles. The lowest BCUT2D eigenvalue weighted by atomic mass is 10.1. The number of quaternary nitrogens is 1. The zero-order valence-corrected chi connectivity index (χ0v) is 14.2. The Morgan fingerprint density at radius 1 is 1.55 bits per heavy atom. The van der Waals surface area contributed by atoms with Crippen LogP contribution in [0.2, 0.25) is 0 Å². The molecule has 0 amide bonds. The molecule has 2 atom stereocenters. The first kappa shape index (κ1) is 15.6. The van der Waals surface area contributed by atoms with E-state index >= 15 is 0 Å². The predicted octanol–water partition coefficient (Wildman–Crippen LogP) is 1.72. The Hall–Kier alpha value is -1.28. The number of likely N-dealkylation sites (tertiary alicyclic amines) is 1. The van der Waals surface area contributed by atoms with E-state index in [9.17, 15) is 5.11 Å². The van der Waals surface area contributed by atoms with Crippen molar-refractivity contribution in [1.29, 1.82) is 0 Å². The Morgan fingerprint density at radius 2 is 2.41 bits per heavy atom. The van der Waals surface area contributed by atoms with Gasteiger partial charge in [-0.15, -0.1) is 5.10 Å². The summed E-state index contributed by atoms with van der Waals surface area (Å²) in [7, 11) is 0. The maximum absolute atomic E-state index is 9.77. The molecular weight excluding hydrogens is 316 g/mol. The summed E-state index contributed by atoms with van der Waals surface area (Å²) in [5.41, 5.74) is 2.23. The van der Waals surface area contributed by atoms with Crippen molar-refractivity contribution < 1.29 is 10.0 Å². The molecule has 0 radical (unpaired) electrons. The quantitative estimate of drug-likeness (QED) is 0.744. The van der Waals surface area contributed by atoms with Crippen molar-refractivity contribution in [2.75, 3.05) is 18.4 Å². The maximum Gasteiger partial charge on any atom is 0.209 e. The average molecular weight is 337 g/mol. The number of aliphatic hydroxyl groups is 1. The molecule has 0 spiro atoms. The van der Waals surface area contributed by atoms with Crippen molar-refractivity contribution in [3.05, 3.63) is 33.8 Å². The van der Waals surface area contributed by atoms with Crippen LogP contribution >= 0.6 is 23.6 Å². The molecule has 1 aliphatic rings. The van der Waals surface area contributed by atoms with Crippen molar-refractivity contribution in [2.45, 2.75) is 32.5 Å². The standard InChI is InChI=1S/C15H20N4OS2/c1-11-4-2-5-12(8-11)16-14-17-19(15(21)22-14)10-18-7-3-6-13(20)9-18/h2,4-5,8,13,20H,3,6-7,9-10H2,1H3,(H,16,17)/p+1/t13-/m0/s1. The molecule has 0 saturated carbocycles. The third-order valence-corrected chi connectivity index (χ3v) is 5.06. The van der Waals surface area contributed by atoms with E-state index < -0.39 is 0 Å². The Labute approximate surface area is 139 Å². The topological polar surface area (TPSA) is 54.5 Å². The molecule has 0 aliphatic carbocycles. The number of aryl methyl sites for hydroxylation is 1. The minimum atomic E-state index is -0.193. The number of aliphatic hydroxyl groups excluding tert-OH is 1. The van der Waals surface area contributed by atoms with E-state index in [0.717, 1.165) is 47.4 Å². The van der Waals surface area contributed by atoms with Crippen LogP contribution < -0.4 is 10.2 Å². The molecular formula is C15H21N4OS2+. The average Bonchev–Trinajstić information content (AvgIpc) is 2.79. The highest BCUT2D eigenvalue weighted by atomic mass is 32.1. The van der Waals surface area contributed by atoms with Gasteiger partial charge in [0.2, 0.25) is 5.13 Å². The summed E-state index contributed by atoms with van der Waals surface area (Å²) in [6, 6.07) is 8.19. The largest absolute Gasteiger partial charge is 0.387 e. The van der Waals surface area contributed by atoms with Gasteiger partial charge in [-0.2, -0.15) is 4.68 Å². The highest BCUT2D eigenvalue weighted by Crippen LogP contribution is 2.20. The summed E-state index contributed by atoms with van der Waals surface area (Å²) < 4.78 is 2.63. The fourth-order valence-corrected chi connectivity index (χ4v) is 3.81. The van der Waals surface area contributed by atoms with Crippen LogP contribution in [0.15, 0.2) is 24.3 Å². The van der Waals surface area contributed by atoms with Crippen LogP contribution in [0.4, 0.5) is 10.8 Å². The molecule has 22 heavy (non-hydrogen) atoms. The third kappa shape index (κ3) is 3.92. The van der Waals surface area contributed by atoms with Gasteiger partial charge in [-0.25, -0.2) is 0 Å². The monoisotopic (exact) mass is 337 g/mol. The molecule has 3 rings (SSSR count). The summed E-state index contributed by atoms with van der Waals surface area (Å²) in [6.45, 7) is 4.63. The normalized spacial score (nSPS) is 21.7. The van der Waals surface area contributed by atoms with E-state index in [-0.39, 0.29) is 6.10 Å². The van der Waals surface area contributed by atoms with Gasteiger partial charge in [0.05, 0.1) is 6.54 Å². The number of rotatable bonds is 4. The van der Waals surface area contributed by atoms with Crippen LogP contribution in [0.3, 0.4) is 0 Å². The summed E-state index contributed by atoms with van der Waals surface area (Å²) in [5, 5.41) is 18.5. The van der Waals surface area contributed by atoms with Crippen LogP contribution in [0.25, 0.3) is 0 Å². The van der Waals surface area contributed by atoms with Crippen LogP contribution in [-0.2, 0) is 6.67 Å². The highest BCUT2D eigenvalue weighted by molar-refractivity contribution is 7.73. The molecule has 1 aliphatic heterocycles. The summed E-state index contributed by atoms with van der Waals surface area (Å²) in [6.07, 6.45) is 1.77. The fraction of sp³-hybridized carbons (Fsp3) is 0.467. The third-order valence-electron chi connectivity index (χ3n) is 3.84. The summed E-state index contributed by atoms with van der Waals surface area (Å²) >= 11 is 6.90. The first-order valence-corrected chi connectivity index (χ1v) is 8.76. The number of nitrogens with one attached hydrogen (secondary N) is 2. The number of benzene rings is 1. The number of aromatic nitrogens is 2. The van der Waals surface area contributed by atoms with Crippen LogP contribution in [0.1, 0.15) is 18.4 Å². The molecule has 1 saturated heterocycles. The smallest absolute Gasteiger partial charge is 0.209 e. The number of hydrogen-bond acceptors (Lipinski definition) is 5. The van der Waals surface area contributed by atoms with Gasteiger partial charge >= 0.3 is 0 Å². The molecule has 2 heterocycles. The fourth-order valence-electron chi connectivity index (χ4n) is 2.78. The Kier molecular flexibility index (Phi) is 4.87. The minimum Gasteiger partial charge on any atom is -0.387 e. The molecule has 1 aromatic carbocycles. The first-order valence-electron chi connectivity index (χ1n) is 7.53. The Morgan fingerprint density at radius 3 is 3.18 bits per heavy atom. The number of piperidine rings is 1. The van der Waals surface area contributed by atoms with E-state index in [0.29, 0.717) is 0 Å². The second-order valence-electron chi connectivity index (χ2n) is 5.83. The van der Waals surface area contributed by atoms with Crippen LogP contribution in [0.5, 0.6) is 0 Å². The van der Waals surface area contributed by atoms with Gasteiger partial charge in [-0.05, 0) is 49.7 Å². The summed E-state index contributed by atoms with van der Waals surface area (Å²) in [5.74, 6) is 0. The van der Waals surface area contributed by atoms with Gasteiger partial charge in [-0.3, -0.25) is 0 Å². The van der Waals surface area contributed by atoms with Crippen LogP contribution in [-0.4, -0.2) is 34.1 Å². The molecule has 5 nitrogen and oxygen atoms in total. The van der Waals surface area contributed by atoms with Gasteiger partial charge in [-0.1, -0.05) is 23.5 Å². The molecule has 7 heteroatoms. The van der Waals surface area contributed by atoms with Gasteiger partial charge in [0.1, 0.15) is 12.6 Å². The molecule has 2 aromatic rings. The minimum absolute atomic E-state index is 0.193. The lowest BCUT2D eigenvalue weighted by molar-refractivity contribution is -0.931. The van der Waals surface area contributed by atoms with Gasteiger partial charge in [0.15, 0.2) is 10.6 Å². The predicted molar refractivity (Wildman–Crippen MR) is 91.3 cm³/mol. The van der Waals surface area contributed by atoms with E-state index in [4.69, 9.17) is 12.2 Å². The molecule has 1 fully saturated rings. The zero-order chi connectivity index (χ0) is 15.5. The van der Waals surface area contributed by atoms with Gasteiger partial charge < -0.3 is 15.3 Å². The van der Waals surface area contributed by atoms with E-state index in [2.05, 4.69) is 29.5 Å². The SMILES string of the molecule is Cc1cccc(Nc2nn(C[NH+]3CCC[C@H](O)C3)c(=S)s2)c1. The second kappa shape index (κ2) is 6.87. The Balaban J connectivity index is 1.69. The highest BCUT2D eigenvalue weighted by Gasteiger charge is 2.21. The zero-order valence-electron chi connectivity index (χ0n) is 12.6. The van der Waals surface area contributed by atoms with Gasteiger partial charge in [0.25, 0.3) is 0 Å². The lowest BCUT2D eigenvalue weighted by Gasteiger charge is -2.26. The molecule has 3 N–H and O–H groups in total. The van der Waals surface area contributed by atoms with Crippen molar-refractivity contribution in [1.82, 2.24) is 9.78 Å². The van der Waals surface area contributed by atoms with Crippen molar-refractivity contribution in [3.63, 3.8) is 0 Å². The van der Waals surface area contributed by atoms with Crippen molar-refractivity contribution in [3.8, 4) is 0 Å². The Bertz CT molecular complexity index is 697. The summed E-state index contributed by atoms with van der Waals surface area (Å²) in [4.78, 5) is 1.34. The van der Waals surface area contributed by atoms with Gasteiger partial charge in [0, 0.05) is 5.69 Å². The number of anilines is 2. The second-order valence-corrected chi connectivity index (χ2v) is 7.45. The number of nitrogens with zero attached hydrogens (tertiary/aromatic N) is 2. The number of hydrogen-bond donors (Lipinski definition) is 3. The van der Waals surface area contributed by atoms with E-state index in [1.807, 2.05) is 16.8 Å². The van der Waals surface area contributed by atoms with E-state index in [1.54, 1.807) is 0 Å². The lowest BCUT2D eigenvalue weighted by Crippen LogP contribution is -3.13.